The van der Waals surface area contributed by atoms with Gasteiger partial charge in [0.2, 0.25) is 5.91 Å². The normalized spacial score (nSPS) is 15.1. The van der Waals surface area contributed by atoms with E-state index in [9.17, 15) is 9.59 Å². The van der Waals surface area contributed by atoms with Crippen molar-refractivity contribution in [3.8, 4) is 11.1 Å². The molecule has 2 aromatic rings. The number of benzene rings is 2. The van der Waals surface area contributed by atoms with E-state index in [0.717, 1.165) is 67.4 Å². The lowest BCUT2D eigenvalue weighted by molar-refractivity contribution is -0.144. The first kappa shape index (κ1) is 27.9. The van der Waals surface area contributed by atoms with Gasteiger partial charge in [0, 0.05) is 46.1 Å². The molecule has 2 amide bonds. The lowest BCUT2D eigenvalue weighted by Crippen LogP contribution is -2.45. The average Bonchev–Trinajstić information content (AvgIpc) is 2.89. The van der Waals surface area contributed by atoms with Gasteiger partial charge in [0.15, 0.2) is 0 Å². The maximum atomic E-state index is 13.4. The molecule has 0 radical (unpaired) electrons. The SMILES string of the molecule is CCCCCC(=O)N(C)Cc1cc(-c2ccccc2)ccc1CC(OCC)C(=O)N1CCC(C)CC1. The number of nitrogens with zero attached hydrogens (tertiary/aromatic N) is 2. The molecule has 0 saturated carbocycles. The highest BCUT2D eigenvalue weighted by atomic mass is 16.5. The summed E-state index contributed by atoms with van der Waals surface area (Å²) in [4.78, 5) is 30.0. The number of likely N-dealkylation sites (tertiary alicyclic amines) is 1. The molecule has 0 spiro atoms. The van der Waals surface area contributed by atoms with Gasteiger partial charge in [-0.25, -0.2) is 0 Å². The van der Waals surface area contributed by atoms with Crippen molar-refractivity contribution in [2.75, 3.05) is 26.7 Å². The summed E-state index contributed by atoms with van der Waals surface area (Å²) in [5.74, 6) is 0.923. The van der Waals surface area contributed by atoms with Crippen molar-refractivity contribution < 1.29 is 14.3 Å². The van der Waals surface area contributed by atoms with Gasteiger partial charge in [-0.15, -0.1) is 0 Å². The number of rotatable bonds is 12. The second-order valence-corrected chi connectivity index (χ2v) is 10.2. The third-order valence-corrected chi connectivity index (χ3v) is 7.28. The van der Waals surface area contributed by atoms with E-state index in [2.05, 4.69) is 44.2 Å². The summed E-state index contributed by atoms with van der Waals surface area (Å²) >= 11 is 0. The van der Waals surface area contributed by atoms with Crippen LogP contribution < -0.4 is 0 Å². The molecule has 1 fully saturated rings. The molecule has 0 aromatic heterocycles. The first-order valence-corrected chi connectivity index (χ1v) is 13.7. The van der Waals surface area contributed by atoms with Crippen LogP contribution in [0.15, 0.2) is 48.5 Å². The standard InChI is InChI=1S/C31H44N2O3/c1-5-7-9-14-30(34)32(4)23-28-21-26(25-12-10-8-11-13-25)15-16-27(28)22-29(36-6-2)31(35)33-19-17-24(3)18-20-33/h8,10-13,15-16,21,24,29H,5-7,9,14,17-20,22-23H2,1-4H3. The quantitative estimate of drug-likeness (QED) is 0.337. The minimum atomic E-state index is -0.504. The van der Waals surface area contributed by atoms with Crippen LogP contribution in [-0.2, 0) is 27.3 Å². The van der Waals surface area contributed by atoms with Crippen LogP contribution in [0, 0.1) is 5.92 Å². The highest BCUT2D eigenvalue weighted by Crippen LogP contribution is 2.26. The molecule has 1 aliphatic heterocycles. The largest absolute Gasteiger partial charge is 0.368 e. The Morgan fingerprint density at radius 3 is 2.39 bits per heavy atom. The second-order valence-electron chi connectivity index (χ2n) is 10.2. The van der Waals surface area contributed by atoms with Crippen molar-refractivity contribution in [1.29, 1.82) is 0 Å². The molecule has 3 rings (SSSR count). The number of hydrogen-bond acceptors (Lipinski definition) is 3. The van der Waals surface area contributed by atoms with Gasteiger partial charge in [0.05, 0.1) is 0 Å². The lowest BCUT2D eigenvalue weighted by atomic mass is 9.94. The van der Waals surface area contributed by atoms with Crippen molar-refractivity contribution in [1.82, 2.24) is 9.80 Å². The first-order chi connectivity index (χ1) is 17.4. The Kier molecular flexibility index (Phi) is 11.0. The van der Waals surface area contributed by atoms with Gasteiger partial charge in [0.25, 0.3) is 5.91 Å². The van der Waals surface area contributed by atoms with Crippen molar-refractivity contribution >= 4 is 11.8 Å². The summed E-state index contributed by atoms with van der Waals surface area (Å²) < 4.78 is 6.00. The maximum Gasteiger partial charge on any atom is 0.252 e. The Hall–Kier alpha value is -2.66. The van der Waals surface area contributed by atoms with Crippen LogP contribution in [-0.4, -0.2) is 54.5 Å². The van der Waals surface area contributed by atoms with Crippen LogP contribution in [0.25, 0.3) is 11.1 Å². The molecule has 196 valence electrons. The topological polar surface area (TPSA) is 49.9 Å². The summed E-state index contributed by atoms with van der Waals surface area (Å²) in [6, 6.07) is 16.7. The van der Waals surface area contributed by atoms with Crippen molar-refractivity contribution in [3.05, 3.63) is 59.7 Å². The van der Waals surface area contributed by atoms with Crippen LogP contribution >= 0.6 is 0 Å². The van der Waals surface area contributed by atoms with Gasteiger partial charge >= 0.3 is 0 Å². The van der Waals surface area contributed by atoms with E-state index in [1.807, 2.05) is 42.0 Å². The molecule has 1 aliphatic rings. The van der Waals surface area contributed by atoms with Crippen molar-refractivity contribution in [2.24, 2.45) is 5.92 Å². The first-order valence-electron chi connectivity index (χ1n) is 13.7. The molecule has 1 saturated heterocycles. The van der Waals surface area contributed by atoms with Crippen LogP contribution in [0.4, 0.5) is 0 Å². The summed E-state index contributed by atoms with van der Waals surface area (Å²) in [6.45, 7) is 8.97. The molecule has 0 aliphatic carbocycles. The van der Waals surface area contributed by atoms with Crippen molar-refractivity contribution in [2.45, 2.75) is 78.4 Å². The van der Waals surface area contributed by atoms with E-state index in [1.165, 1.54) is 0 Å². The summed E-state index contributed by atoms with van der Waals surface area (Å²) in [5, 5.41) is 0. The molecular weight excluding hydrogens is 448 g/mol. The van der Waals surface area contributed by atoms with Crippen molar-refractivity contribution in [3.63, 3.8) is 0 Å². The number of unbranched alkanes of at least 4 members (excludes halogenated alkanes) is 2. The Labute approximate surface area is 217 Å². The molecule has 5 heteroatoms. The van der Waals surface area contributed by atoms with E-state index in [-0.39, 0.29) is 11.8 Å². The molecule has 0 N–H and O–H groups in total. The molecule has 0 bridgehead atoms. The van der Waals surface area contributed by atoms with E-state index < -0.39 is 6.10 Å². The third-order valence-electron chi connectivity index (χ3n) is 7.28. The Morgan fingerprint density at radius 2 is 1.72 bits per heavy atom. The number of ether oxygens (including phenoxy) is 1. The zero-order valence-corrected chi connectivity index (χ0v) is 22.7. The number of amides is 2. The number of hydrogen-bond donors (Lipinski definition) is 0. The molecule has 1 heterocycles. The highest BCUT2D eigenvalue weighted by Gasteiger charge is 2.28. The van der Waals surface area contributed by atoms with E-state index in [1.54, 1.807) is 0 Å². The molecule has 1 atom stereocenters. The third kappa shape index (κ3) is 7.92. The Balaban J connectivity index is 1.84. The molecule has 2 aromatic carbocycles. The number of carbonyl (C=O) groups excluding carboxylic acids is 2. The van der Waals surface area contributed by atoms with Gasteiger partial charge in [-0.3, -0.25) is 9.59 Å². The van der Waals surface area contributed by atoms with E-state index in [4.69, 9.17) is 4.74 Å². The molecular formula is C31H44N2O3. The lowest BCUT2D eigenvalue weighted by Gasteiger charge is -2.33. The minimum Gasteiger partial charge on any atom is -0.368 e. The van der Waals surface area contributed by atoms with Crippen LogP contribution in [0.2, 0.25) is 0 Å². The summed E-state index contributed by atoms with van der Waals surface area (Å²) in [5.41, 5.74) is 4.40. The van der Waals surface area contributed by atoms with Crippen LogP contribution in [0.1, 0.15) is 70.4 Å². The van der Waals surface area contributed by atoms with E-state index >= 15 is 0 Å². The second kappa shape index (κ2) is 14.2. The van der Waals surface area contributed by atoms with Gasteiger partial charge in [-0.1, -0.05) is 69.2 Å². The predicted octanol–water partition coefficient (Wildman–Crippen LogP) is 6.10. The van der Waals surface area contributed by atoms with Gasteiger partial charge in [-0.2, -0.15) is 0 Å². The Bertz CT molecular complexity index is 967. The fourth-order valence-electron chi connectivity index (χ4n) is 4.89. The number of carbonyl (C=O) groups is 2. The fraction of sp³-hybridized carbons (Fsp3) is 0.548. The molecule has 5 nitrogen and oxygen atoms in total. The average molecular weight is 493 g/mol. The maximum absolute atomic E-state index is 13.4. The monoisotopic (exact) mass is 492 g/mol. The van der Waals surface area contributed by atoms with Crippen LogP contribution in [0.3, 0.4) is 0 Å². The molecule has 36 heavy (non-hydrogen) atoms. The van der Waals surface area contributed by atoms with Gasteiger partial charge in [-0.05, 0) is 60.4 Å². The summed E-state index contributed by atoms with van der Waals surface area (Å²) in [6.07, 6.45) is 5.78. The zero-order valence-electron chi connectivity index (χ0n) is 22.7. The summed E-state index contributed by atoms with van der Waals surface area (Å²) in [7, 11) is 1.88. The predicted molar refractivity (Wildman–Crippen MR) is 147 cm³/mol. The highest BCUT2D eigenvalue weighted by molar-refractivity contribution is 5.81. The van der Waals surface area contributed by atoms with Gasteiger partial charge < -0.3 is 14.5 Å². The van der Waals surface area contributed by atoms with E-state index in [0.29, 0.717) is 31.9 Å². The van der Waals surface area contributed by atoms with Crippen LogP contribution in [0.5, 0.6) is 0 Å². The Morgan fingerprint density at radius 1 is 1.00 bits per heavy atom. The minimum absolute atomic E-state index is 0.0887. The molecule has 1 unspecified atom stereocenters. The smallest absolute Gasteiger partial charge is 0.252 e. The van der Waals surface area contributed by atoms with Gasteiger partial charge in [0.1, 0.15) is 6.10 Å². The zero-order chi connectivity index (χ0) is 25.9. The number of piperidine rings is 1. The fourth-order valence-corrected chi connectivity index (χ4v) is 4.89.